The Morgan fingerprint density at radius 1 is 1.42 bits per heavy atom. The largest absolute Gasteiger partial charge is 0.491 e. The third-order valence-electron chi connectivity index (χ3n) is 3.15. The van der Waals surface area contributed by atoms with E-state index in [1.807, 2.05) is 38.1 Å². The summed E-state index contributed by atoms with van der Waals surface area (Å²) in [6, 6.07) is 9.70. The highest BCUT2D eigenvalue weighted by Gasteiger charge is 2.50. The zero-order chi connectivity index (χ0) is 13.9. The van der Waals surface area contributed by atoms with Crippen molar-refractivity contribution in [3.8, 4) is 11.8 Å². The van der Waals surface area contributed by atoms with Crippen LogP contribution in [0.1, 0.15) is 32.3 Å². The predicted octanol–water partition coefficient (Wildman–Crippen LogP) is 2.39. The number of nitrogens with one attached hydrogen (secondary N) is 1. The van der Waals surface area contributed by atoms with Crippen LogP contribution in [-0.4, -0.2) is 12.0 Å². The van der Waals surface area contributed by atoms with Gasteiger partial charge >= 0.3 is 0 Å². The standard InChI is InChI=1S/C15H18N2O2/c1-11(2)19-13-5-3-12(4-6-13)9-17-14(18)15(10-16)7-8-15/h3-6,11H,7-9H2,1-2H3,(H,17,18). The number of amides is 1. The molecule has 1 aliphatic rings. The molecule has 1 fully saturated rings. The van der Waals surface area contributed by atoms with Gasteiger partial charge in [0.05, 0.1) is 12.2 Å². The molecule has 4 heteroatoms. The number of ether oxygens (including phenoxy) is 1. The first kappa shape index (κ1) is 13.4. The summed E-state index contributed by atoms with van der Waals surface area (Å²) in [6.07, 6.45) is 1.50. The molecule has 1 aliphatic carbocycles. The maximum atomic E-state index is 11.8. The van der Waals surface area contributed by atoms with Crippen LogP contribution >= 0.6 is 0 Å². The van der Waals surface area contributed by atoms with Crippen LogP contribution in [0.2, 0.25) is 0 Å². The number of nitriles is 1. The normalized spacial score (nSPS) is 15.7. The van der Waals surface area contributed by atoms with Crippen molar-refractivity contribution in [3.05, 3.63) is 29.8 Å². The molecular weight excluding hydrogens is 240 g/mol. The van der Waals surface area contributed by atoms with Gasteiger partial charge in [-0.15, -0.1) is 0 Å². The second-order valence-corrected chi connectivity index (χ2v) is 5.19. The van der Waals surface area contributed by atoms with Gasteiger partial charge in [-0.25, -0.2) is 0 Å². The van der Waals surface area contributed by atoms with Gasteiger partial charge in [-0.2, -0.15) is 5.26 Å². The lowest BCUT2D eigenvalue weighted by atomic mass is 10.1. The Balaban J connectivity index is 1.87. The molecular formula is C15H18N2O2. The lowest BCUT2D eigenvalue weighted by Gasteiger charge is -2.11. The van der Waals surface area contributed by atoms with Crippen molar-refractivity contribution in [1.29, 1.82) is 5.26 Å². The van der Waals surface area contributed by atoms with E-state index in [2.05, 4.69) is 11.4 Å². The molecule has 1 N–H and O–H groups in total. The second kappa shape index (κ2) is 5.31. The molecule has 0 heterocycles. The summed E-state index contributed by atoms with van der Waals surface area (Å²) < 4.78 is 5.55. The molecule has 1 aromatic carbocycles. The molecule has 0 radical (unpaired) electrons. The highest BCUT2D eigenvalue weighted by atomic mass is 16.5. The summed E-state index contributed by atoms with van der Waals surface area (Å²) in [5.41, 5.74) is 0.249. The fourth-order valence-corrected chi connectivity index (χ4v) is 1.82. The van der Waals surface area contributed by atoms with Gasteiger partial charge < -0.3 is 10.1 Å². The van der Waals surface area contributed by atoms with Crippen molar-refractivity contribution < 1.29 is 9.53 Å². The monoisotopic (exact) mass is 258 g/mol. The van der Waals surface area contributed by atoms with E-state index in [4.69, 9.17) is 10.00 Å². The molecule has 1 amide bonds. The van der Waals surface area contributed by atoms with Gasteiger partial charge in [-0.05, 0) is 44.4 Å². The van der Waals surface area contributed by atoms with Crippen LogP contribution < -0.4 is 10.1 Å². The number of carbonyl (C=O) groups is 1. The van der Waals surface area contributed by atoms with Gasteiger partial charge in [-0.1, -0.05) is 12.1 Å². The van der Waals surface area contributed by atoms with E-state index < -0.39 is 5.41 Å². The van der Waals surface area contributed by atoms with Gasteiger partial charge in [0.1, 0.15) is 11.2 Å². The second-order valence-electron chi connectivity index (χ2n) is 5.19. The molecule has 1 saturated carbocycles. The summed E-state index contributed by atoms with van der Waals surface area (Å²) in [5.74, 6) is 0.665. The molecule has 0 aliphatic heterocycles. The predicted molar refractivity (Wildman–Crippen MR) is 71.3 cm³/mol. The van der Waals surface area contributed by atoms with Gasteiger partial charge in [0, 0.05) is 6.54 Å². The van der Waals surface area contributed by atoms with E-state index in [1.54, 1.807) is 0 Å². The molecule has 19 heavy (non-hydrogen) atoms. The maximum absolute atomic E-state index is 11.8. The quantitative estimate of drug-likeness (QED) is 0.882. The molecule has 0 aromatic heterocycles. The SMILES string of the molecule is CC(C)Oc1ccc(CNC(=O)C2(C#N)CC2)cc1. The lowest BCUT2D eigenvalue weighted by molar-refractivity contribution is -0.124. The van der Waals surface area contributed by atoms with Gasteiger partial charge in [-0.3, -0.25) is 4.79 Å². The first-order valence-corrected chi connectivity index (χ1v) is 6.51. The number of rotatable bonds is 5. The van der Waals surface area contributed by atoms with E-state index in [0.29, 0.717) is 19.4 Å². The summed E-state index contributed by atoms with van der Waals surface area (Å²) in [7, 11) is 0. The van der Waals surface area contributed by atoms with Crippen LogP contribution in [0, 0.1) is 16.7 Å². The third kappa shape index (κ3) is 3.25. The number of carbonyl (C=O) groups excluding carboxylic acids is 1. The van der Waals surface area contributed by atoms with E-state index in [9.17, 15) is 4.79 Å². The Morgan fingerprint density at radius 3 is 2.53 bits per heavy atom. The first-order valence-electron chi connectivity index (χ1n) is 6.51. The van der Waals surface area contributed by atoms with Gasteiger partial charge in [0.2, 0.25) is 5.91 Å². The molecule has 0 bridgehead atoms. The zero-order valence-corrected chi connectivity index (χ0v) is 11.3. The van der Waals surface area contributed by atoms with Crippen LogP contribution in [-0.2, 0) is 11.3 Å². The van der Waals surface area contributed by atoms with Crippen LogP contribution in [0.4, 0.5) is 0 Å². The molecule has 1 aromatic rings. The number of benzene rings is 1. The highest BCUT2D eigenvalue weighted by molar-refractivity contribution is 5.88. The van der Waals surface area contributed by atoms with E-state index in [-0.39, 0.29) is 12.0 Å². The van der Waals surface area contributed by atoms with Crippen molar-refractivity contribution in [2.45, 2.75) is 39.3 Å². The van der Waals surface area contributed by atoms with Crippen molar-refractivity contribution in [2.75, 3.05) is 0 Å². The van der Waals surface area contributed by atoms with Crippen molar-refractivity contribution >= 4 is 5.91 Å². The average molecular weight is 258 g/mol. The molecule has 2 rings (SSSR count). The number of hydrogen-bond donors (Lipinski definition) is 1. The summed E-state index contributed by atoms with van der Waals surface area (Å²) in [4.78, 5) is 11.8. The Morgan fingerprint density at radius 2 is 2.05 bits per heavy atom. The molecule has 0 saturated heterocycles. The molecule has 0 spiro atoms. The van der Waals surface area contributed by atoms with Gasteiger partial charge in [0.15, 0.2) is 0 Å². The Hall–Kier alpha value is -2.02. The van der Waals surface area contributed by atoms with E-state index in [0.717, 1.165) is 11.3 Å². The fourth-order valence-electron chi connectivity index (χ4n) is 1.82. The minimum Gasteiger partial charge on any atom is -0.491 e. The molecule has 0 unspecified atom stereocenters. The fraction of sp³-hybridized carbons (Fsp3) is 0.467. The maximum Gasteiger partial charge on any atom is 0.240 e. The molecule has 100 valence electrons. The molecule has 4 nitrogen and oxygen atoms in total. The van der Waals surface area contributed by atoms with Crippen LogP contribution in [0.3, 0.4) is 0 Å². The van der Waals surface area contributed by atoms with Crippen molar-refractivity contribution in [1.82, 2.24) is 5.32 Å². The highest BCUT2D eigenvalue weighted by Crippen LogP contribution is 2.44. The summed E-state index contributed by atoms with van der Waals surface area (Å²) in [6.45, 7) is 4.40. The van der Waals surface area contributed by atoms with Crippen molar-refractivity contribution in [2.24, 2.45) is 5.41 Å². The first-order chi connectivity index (χ1) is 9.05. The van der Waals surface area contributed by atoms with Crippen LogP contribution in [0.5, 0.6) is 5.75 Å². The van der Waals surface area contributed by atoms with Gasteiger partial charge in [0.25, 0.3) is 0 Å². The molecule has 0 atom stereocenters. The minimum atomic E-state index is -0.749. The minimum absolute atomic E-state index is 0.149. The van der Waals surface area contributed by atoms with Crippen LogP contribution in [0.15, 0.2) is 24.3 Å². The smallest absolute Gasteiger partial charge is 0.240 e. The zero-order valence-electron chi connectivity index (χ0n) is 11.3. The number of nitrogens with zero attached hydrogens (tertiary/aromatic N) is 1. The topological polar surface area (TPSA) is 62.1 Å². The Bertz CT molecular complexity index is 496. The van der Waals surface area contributed by atoms with E-state index >= 15 is 0 Å². The summed E-state index contributed by atoms with van der Waals surface area (Å²) >= 11 is 0. The Labute approximate surface area is 113 Å². The summed E-state index contributed by atoms with van der Waals surface area (Å²) in [5, 5.41) is 11.7. The van der Waals surface area contributed by atoms with Crippen LogP contribution in [0.25, 0.3) is 0 Å². The Kier molecular flexibility index (Phi) is 3.75. The van der Waals surface area contributed by atoms with Crippen molar-refractivity contribution in [3.63, 3.8) is 0 Å². The van der Waals surface area contributed by atoms with E-state index in [1.165, 1.54) is 0 Å². The third-order valence-corrected chi connectivity index (χ3v) is 3.15. The average Bonchev–Trinajstić information content (AvgIpc) is 3.18. The number of hydrogen-bond acceptors (Lipinski definition) is 3. The lowest BCUT2D eigenvalue weighted by Crippen LogP contribution is -2.30.